The molecule has 118 valence electrons. The highest BCUT2D eigenvalue weighted by molar-refractivity contribution is 9.10. The van der Waals surface area contributed by atoms with Crippen molar-refractivity contribution in [3.05, 3.63) is 69.7 Å². The molecule has 2 rings (SSSR count). The number of carbonyl (C=O) groups excluding carboxylic acids is 1. The fraction of sp³-hybridized carbons (Fsp3) is 0.176. The first kappa shape index (κ1) is 16.8. The number of nitrogens with two attached hydrogens (primary N) is 1. The van der Waals surface area contributed by atoms with Crippen LogP contribution in [0, 0.1) is 11.3 Å². The van der Waals surface area contributed by atoms with Gasteiger partial charge in [0.1, 0.15) is 24.0 Å². The Balaban J connectivity index is 2.54. The largest absolute Gasteiger partial charge is 0.458 e. The second kappa shape index (κ2) is 7.16. The highest BCUT2D eigenvalue weighted by Gasteiger charge is 2.36. The fourth-order valence-corrected chi connectivity index (χ4v) is 2.61. The zero-order valence-electron chi connectivity index (χ0n) is 12.5. The highest BCUT2D eigenvalue weighted by Crippen LogP contribution is 2.39. The minimum atomic E-state index is -0.626. The monoisotopic (exact) mass is 374 g/mol. The molecule has 0 radical (unpaired) electrons. The third-order valence-corrected chi connectivity index (χ3v) is 3.89. The Bertz CT molecular complexity index is 742. The SMILES string of the molecule is C=CCOC(=O)C1=C(C)OC(N)=C(C#N)C1c1ccc(Br)cc1. The second-order valence-corrected chi connectivity index (χ2v) is 5.75. The van der Waals surface area contributed by atoms with Crippen LogP contribution in [0.2, 0.25) is 0 Å². The molecule has 0 saturated heterocycles. The number of nitrogens with zero attached hydrogens (tertiary/aromatic N) is 1. The number of esters is 1. The number of halogens is 1. The number of hydrogen-bond donors (Lipinski definition) is 1. The van der Waals surface area contributed by atoms with E-state index in [4.69, 9.17) is 15.2 Å². The number of ether oxygens (including phenoxy) is 2. The van der Waals surface area contributed by atoms with Crippen molar-refractivity contribution in [3.8, 4) is 6.07 Å². The van der Waals surface area contributed by atoms with E-state index in [2.05, 4.69) is 22.5 Å². The van der Waals surface area contributed by atoms with E-state index in [0.29, 0.717) is 5.76 Å². The molecule has 2 N–H and O–H groups in total. The van der Waals surface area contributed by atoms with Crippen LogP contribution < -0.4 is 5.73 Å². The minimum absolute atomic E-state index is 0.00168. The fourth-order valence-electron chi connectivity index (χ4n) is 2.35. The Morgan fingerprint density at radius 1 is 1.52 bits per heavy atom. The normalized spacial score (nSPS) is 17.3. The van der Waals surface area contributed by atoms with Crippen molar-refractivity contribution in [2.24, 2.45) is 5.73 Å². The van der Waals surface area contributed by atoms with E-state index in [0.717, 1.165) is 10.0 Å². The zero-order chi connectivity index (χ0) is 17.0. The molecular formula is C17H15BrN2O3. The quantitative estimate of drug-likeness (QED) is 0.645. The Morgan fingerprint density at radius 2 is 2.17 bits per heavy atom. The van der Waals surface area contributed by atoms with Crippen molar-refractivity contribution in [1.82, 2.24) is 0 Å². The predicted molar refractivity (Wildman–Crippen MR) is 88.7 cm³/mol. The van der Waals surface area contributed by atoms with E-state index in [1.807, 2.05) is 30.3 Å². The van der Waals surface area contributed by atoms with E-state index in [1.54, 1.807) is 6.92 Å². The van der Waals surface area contributed by atoms with Crippen LogP contribution in [-0.2, 0) is 14.3 Å². The van der Waals surface area contributed by atoms with Crippen molar-refractivity contribution in [3.63, 3.8) is 0 Å². The van der Waals surface area contributed by atoms with Crippen LogP contribution in [0.5, 0.6) is 0 Å². The average molecular weight is 375 g/mol. The van der Waals surface area contributed by atoms with E-state index in [9.17, 15) is 10.1 Å². The first-order valence-electron chi connectivity index (χ1n) is 6.81. The molecule has 0 aliphatic carbocycles. The molecule has 0 amide bonds. The van der Waals surface area contributed by atoms with Gasteiger partial charge < -0.3 is 15.2 Å². The lowest BCUT2D eigenvalue weighted by Crippen LogP contribution is -2.25. The van der Waals surface area contributed by atoms with Crippen LogP contribution in [0.4, 0.5) is 0 Å². The first-order chi connectivity index (χ1) is 11.0. The summed E-state index contributed by atoms with van der Waals surface area (Å²) in [6.07, 6.45) is 1.47. The van der Waals surface area contributed by atoms with Gasteiger partial charge in [-0.15, -0.1) is 0 Å². The molecular weight excluding hydrogens is 360 g/mol. The molecule has 6 heteroatoms. The maximum absolute atomic E-state index is 12.4. The van der Waals surface area contributed by atoms with Gasteiger partial charge in [-0.3, -0.25) is 0 Å². The Kier molecular flexibility index (Phi) is 5.24. The lowest BCUT2D eigenvalue weighted by atomic mass is 9.83. The van der Waals surface area contributed by atoms with Crippen molar-refractivity contribution < 1.29 is 14.3 Å². The Hall–Kier alpha value is -2.52. The van der Waals surface area contributed by atoms with Gasteiger partial charge >= 0.3 is 5.97 Å². The maximum Gasteiger partial charge on any atom is 0.338 e. The molecule has 0 bridgehead atoms. The molecule has 0 saturated carbocycles. The summed E-state index contributed by atoms with van der Waals surface area (Å²) in [4.78, 5) is 12.4. The van der Waals surface area contributed by atoms with Gasteiger partial charge in [-0.25, -0.2) is 4.79 Å². The molecule has 1 unspecified atom stereocenters. The Morgan fingerprint density at radius 3 is 2.74 bits per heavy atom. The standard InChI is InChI=1S/C17H15BrN2O3/c1-3-8-22-17(21)14-10(2)23-16(20)13(9-19)15(14)11-4-6-12(18)7-5-11/h3-7,15H,1,8,20H2,2H3. The van der Waals surface area contributed by atoms with Gasteiger partial charge in [-0.2, -0.15) is 5.26 Å². The first-order valence-corrected chi connectivity index (χ1v) is 7.60. The van der Waals surface area contributed by atoms with Crippen LogP contribution >= 0.6 is 15.9 Å². The number of allylic oxidation sites excluding steroid dienone is 2. The number of nitriles is 1. The van der Waals surface area contributed by atoms with Crippen molar-refractivity contribution in [1.29, 1.82) is 5.26 Å². The number of hydrogen-bond acceptors (Lipinski definition) is 5. The van der Waals surface area contributed by atoms with Gasteiger partial charge in [0.25, 0.3) is 0 Å². The molecule has 1 aromatic carbocycles. The summed E-state index contributed by atoms with van der Waals surface area (Å²) >= 11 is 3.36. The number of carbonyl (C=O) groups is 1. The van der Waals surface area contributed by atoms with Gasteiger partial charge in [0.05, 0.1) is 11.5 Å². The summed E-state index contributed by atoms with van der Waals surface area (Å²) < 4.78 is 11.4. The average Bonchev–Trinajstić information content (AvgIpc) is 2.52. The zero-order valence-corrected chi connectivity index (χ0v) is 14.1. The van der Waals surface area contributed by atoms with Gasteiger partial charge in [0.2, 0.25) is 5.88 Å². The molecule has 5 nitrogen and oxygen atoms in total. The van der Waals surface area contributed by atoms with Crippen LogP contribution in [0.3, 0.4) is 0 Å². The third-order valence-electron chi connectivity index (χ3n) is 3.36. The molecule has 1 aliphatic heterocycles. The van der Waals surface area contributed by atoms with Gasteiger partial charge in [-0.05, 0) is 24.6 Å². The lowest BCUT2D eigenvalue weighted by Gasteiger charge is -2.26. The number of benzene rings is 1. The van der Waals surface area contributed by atoms with Crippen LogP contribution in [0.1, 0.15) is 18.4 Å². The smallest absolute Gasteiger partial charge is 0.338 e. The molecule has 23 heavy (non-hydrogen) atoms. The van der Waals surface area contributed by atoms with E-state index >= 15 is 0 Å². The van der Waals surface area contributed by atoms with Crippen LogP contribution in [0.15, 0.2) is 64.2 Å². The number of rotatable bonds is 4. The summed E-state index contributed by atoms with van der Waals surface area (Å²) in [5.41, 5.74) is 7.02. The molecule has 1 heterocycles. The topological polar surface area (TPSA) is 85.3 Å². The second-order valence-electron chi connectivity index (χ2n) is 4.83. The van der Waals surface area contributed by atoms with Gasteiger partial charge in [-0.1, -0.05) is 40.7 Å². The van der Waals surface area contributed by atoms with Gasteiger partial charge in [0.15, 0.2) is 0 Å². The summed E-state index contributed by atoms with van der Waals surface area (Å²) in [5, 5.41) is 9.44. The lowest BCUT2D eigenvalue weighted by molar-refractivity contribution is -0.138. The van der Waals surface area contributed by atoms with Crippen molar-refractivity contribution in [2.45, 2.75) is 12.8 Å². The summed E-state index contributed by atoms with van der Waals surface area (Å²) in [5.74, 6) is -0.864. The van der Waals surface area contributed by atoms with Crippen LogP contribution in [-0.4, -0.2) is 12.6 Å². The minimum Gasteiger partial charge on any atom is -0.458 e. The summed E-state index contributed by atoms with van der Waals surface area (Å²) in [6.45, 7) is 5.21. The molecule has 1 atom stereocenters. The Labute approximate surface area is 142 Å². The molecule has 1 aliphatic rings. The molecule has 0 aromatic heterocycles. The van der Waals surface area contributed by atoms with Gasteiger partial charge in [0, 0.05) is 4.47 Å². The highest BCUT2D eigenvalue weighted by atomic mass is 79.9. The maximum atomic E-state index is 12.4. The molecule has 1 aromatic rings. The van der Waals surface area contributed by atoms with E-state index < -0.39 is 11.9 Å². The van der Waals surface area contributed by atoms with E-state index in [1.165, 1.54) is 6.08 Å². The summed E-state index contributed by atoms with van der Waals surface area (Å²) in [7, 11) is 0. The van der Waals surface area contributed by atoms with E-state index in [-0.39, 0.29) is 23.6 Å². The van der Waals surface area contributed by atoms with Crippen LogP contribution in [0.25, 0.3) is 0 Å². The summed E-state index contributed by atoms with van der Waals surface area (Å²) in [6, 6.07) is 9.33. The molecule has 0 spiro atoms. The van der Waals surface area contributed by atoms with Crippen molar-refractivity contribution in [2.75, 3.05) is 6.61 Å². The predicted octanol–water partition coefficient (Wildman–Crippen LogP) is 3.26. The van der Waals surface area contributed by atoms with Crippen molar-refractivity contribution >= 4 is 21.9 Å². The third kappa shape index (κ3) is 3.46. The molecule has 0 fully saturated rings.